The lowest BCUT2D eigenvalue weighted by Crippen LogP contribution is -2.13. The van der Waals surface area contributed by atoms with E-state index in [-0.39, 0.29) is 36.3 Å². The summed E-state index contributed by atoms with van der Waals surface area (Å²) >= 11 is 0. The molecule has 0 aliphatic rings. The molecule has 0 saturated heterocycles. The Labute approximate surface area is 113 Å². The number of tetrazole rings is 1. The Hall–Kier alpha value is -2.64. The average molecular weight is 277 g/mol. The molecule has 0 radical (unpaired) electrons. The average Bonchev–Trinajstić information content (AvgIpc) is 2.92. The summed E-state index contributed by atoms with van der Waals surface area (Å²) < 4.78 is 12.7. The number of benzene rings is 1. The number of Topliss-reactive ketones (excluding diaryl/α,β-unsaturated/α-hetero) is 1. The minimum Gasteiger partial charge on any atom is -0.294 e. The van der Waals surface area contributed by atoms with Crippen LogP contribution in [0.25, 0.3) is 0 Å². The molecule has 1 heterocycles. The fourth-order valence-electron chi connectivity index (χ4n) is 1.59. The topological polar surface area (TPSA) is 101 Å². The fourth-order valence-corrected chi connectivity index (χ4v) is 1.59. The molecule has 0 aliphatic carbocycles. The van der Waals surface area contributed by atoms with Crippen LogP contribution in [0.3, 0.4) is 0 Å². The van der Waals surface area contributed by atoms with Crippen LogP contribution >= 0.6 is 0 Å². The Kier molecular flexibility index (Phi) is 4.48. The second-order valence-corrected chi connectivity index (χ2v) is 4.07. The van der Waals surface area contributed by atoms with Crippen molar-refractivity contribution in [3.8, 4) is 0 Å². The van der Waals surface area contributed by atoms with E-state index >= 15 is 0 Å². The normalized spacial score (nSPS) is 10.2. The van der Waals surface area contributed by atoms with Crippen molar-refractivity contribution in [2.45, 2.75) is 19.3 Å². The molecule has 0 unspecified atom stereocenters. The van der Waals surface area contributed by atoms with Crippen LogP contribution in [0.1, 0.15) is 29.6 Å². The maximum Gasteiger partial charge on any atom is 0.269 e. The van der Waals surface area contributed by atoms with E-state index in [0.29, 0.717) is 12.0 Å². The zero-order valence-electron chi connectivity index (χ0n) is 10.5. The van der Waals surface area contributed by atoms with Crippen LogP contribution in [0, 0.1) is 5.82 Å². The summed E-state index contributed by atoms with van der Waals surface area (Å²) in [5.41, 5.74) is 0.435. The van der Waals surface area contributed by atoms with Gasteiger partial charge in [0.15, 0.2) is 5.78 Å². The first-order chi connectivity index (χ1) is 9.65. The summed E-state index contributed by atoms with van der Waals surface area (Å²) in [4.78, 5) is 23.2. The van der Waals surface area contributed by atoms with E-state index in [1.165, 1.54) is 24.3 Å². The van der Waals surface area contributed by atoms with Crippen molar-refractivity contribution in [3.05, 3.63) is 35.6 Å². The van der Waals surface area contributed by atoms with Crippen LogP contribution in [0.4, 0.5) is 10.3 Å². The van der Waals surface area contributed by atoms with Gasteiger partial charge in [0, 0.05) is 18.4 Å². The van der Waals surface area contributed by atoms with Crippen molar-refractivity contribution >= 4 is 17.6 Å². The van der Waals surface area contributed by atoms with Gasteiger partial charge in [-0.25, -0.2) is 4.39 Å². The molecule has 1 aromatic heterocycles. The first-order valence-electron chi connectivity index (χ1n) is 5.97. The molecule has 2 aromatic rings. The van der Waals surface area contributed by atoms with Gasteiger partial charge in [0.1, 0.15) is 5.82 Å². The van der Waals surface area contributed by atoms with E-state index in [0.717, 1.165) is 0 Å². The minimum atomic E-state index is -0.388. The lowest BCUT2D eigenvalue weighted by atomic mass is 10.1. The van der Waals surface area contributed by atoms with E-state index < -0.39 is 0 Å². The third-order valence-electron chi connectivity index (χ3n) is 2.57. The molecule has 0 spiro atoms. The molecular formula is C12H12FN5O2. The number of ketones is 1. The number of carbonyl (C=O) groups excluding carboxylic acids is 2. The van der Waals surface area contributed by atoms with Gasteiger partial charge in [0.25, 0.3) is 5.95 Å². The SMILES string of the molecule is O=C(CCCC(=O)c1ccc(F)cc1)Nc1nn[nH]n1. The lowest BCUT2D eigenvalue weighted by Gasteiger charge is -2.01. The summed E-state index contributed by atoms with van der Waals surface area (Å²) in [5.74, 6) is -0.712. The van der Waals surface area contributed by atoms with Crippen molar-refractivity contribution < 1.29 is 14.0 Å². The third kappa shape index (κ3) is 3.94. The fraction of sp³-hybridized carbons (Fsp3) is 0.250. The van der Waals surface area contributed by atoms with Crippen LogP contribution in [0.5, 0.6) is 0 Å². The number of aromatic nitrogens is 4. The Morgan fingerprint density at radius 1 is 1.20 bits per heavy atom. The number of anilines is 1. The van der Waals surface area contributed by atoms with Crippen molar-refractivity contribution in [2.24, 2.45) is 0 Å². The van der Waals surface area contributed by atoms with Crippen molar-refractivity contribution in [1.82, 2.24) is 20.6 Å². The number of hydrogen-bond donors (Lipinski definition) is 2. The highest BCUT2D eigenvalue weighted by Gasteiger charge is 2.09. The predicted octanol–water partition coefficient (Wildman–Crippen LogP) is 1.33. The standard InChI is InChI=1S/C12H12FN5O2/c13-9-6-4-8(5-7-9)10(19)2-1-3-11(20)14-12-15-17-18-16-12/h4-7H,1-3H2,(H2,14,15,16,17,18,20). The molecule has 0 bridgehead atoms. The minimum absolute atomic E-state index is 0.0971. The monoisotopic (exact) mass is 277 g/mol. The van der Waals surface area contributed by atoms with E-state index in [9.17, 15) is 14.0 Å². The largest absolute Gasteiger partial charge is 0.294 e. The number of nitrogens with zero attached hydrogens (tertiary/aromatic N) is 3. The summed E-state index contributed by atoms with van der Waals surface area (Å²) in [6.07, 6.45) is 0.771. The number of H-pyrrole nitrogens is 1. The van der Waals surface area contributed by atoms with Crippen molar-refractivity contribution in [1.29, 1.82) is 0 Å². The quantitative estimate of drug-likeness (QED) is 0.776. The summed E-state index contributed by atoms with van der Waals surface area (Å²) in [5, 5.41) is 15.1. The van der Waals surface area contributed by atoms with Gasteiger partial charge in [0.2, 0.25) is 5.91 Å². The molecule has 0 atom stereocenters. The molecule has 7 nitrogen and oxygen atoms in total. The maximum absolute atomic E-state index is 12.7. The Morgan fingerprint density at radius 3 is 2.60 bits per heavy atom. The third-order valence-corrected chi connectivity index (χ3v) is 2.57. The molecule has 20 heavy (non-hydrogen) atoms. The molecule has 0 fully saturated rings. The lowest BCUT2D eigenvalue weighted by molar-refractivity contribution is -0.116. The number of amides is 1. The van der Waals surface area contributed by atoms with Crippen LogP contribution in [-0.4, -0.2) is 32.3 Å². The zero-order valence-corrected chi connectivity index (χ0v) is 10.5. The van der Waals surface area contributed by atoms with Gasteiger partial charge >= 0.3 is 0 Å². The Bertz CT molecular complexity index is 582. The van der Waals surface area contributed by atoms with Gasteiger partial charge in [-0.3, -0.25) is 14.9 Å². The second kappa shape index (κ2) is 6.50. The maximum atomic E-state index is 12.7. The van der Waals surface area contributed by atoms with Gasteiger partial charge < -0.3 is 0 Å². The molecule has 104 valence electrons. The molecular weight excluding hydrogens is 265 g/mol. The van der Waals surface area contributed by atoms with E-state index in [1.807, 2.05) is 0 Å². The number of aromatic amines is 1. The first-order valence-corrected chi connectivity index (χ1v) is 5.97. The molecule has 8 heteroatoms. The van der Waals surface area contributed by atoms with Gasteiger partial charge in [-0.2, -0.15) is 5.21 Å². The van der Waals surface area contributed by atoms with Gasteiger partial charge in [-0.05, 0) is 35.9 Å². The number of halogens is 1. The van der Waals surface area contributed by atoms with Crippen LogP contribution in [0.2, 0.25) is 0 Å². The van der Waals surface area contributed by atoms with Gasteiger partial charge in [0.05, 0.1) is 0 Å². The number of carbonyl (C=O) groups is 2. The second-order valence-electron chi connectivity index (χ2n) is 4.07. The first kappa shape index (κ1) is 13.8. The highest BCUT2D eigenvalue weighted by molar-refractivity contribution is 5.96. The smallest absolute Gasteiger partial charge is 0.269 e. The van der Waals surface area contributed by atoms with Crippen LogP contribution in [-0.2, 0) is 4.79 Å². The van der Waals surface area contributed by atoms with E-state index in [4.69, 9.17) is 0 Å². The molecule has 0 saturated carbocycles. The zero-order chi connectivity index (χ0) is 14.4. The molecule has 1 aromatic carbocycles. The summed E-state index contributed by atoms with van der Waals surface area (Å²) in [6, 6.07) is 5.32. The number of hydrogen-bond acceptors (Lipinski definition) is 5. The van der Waals surface area contributed by atoms with Crippen molar-refractivity contribution in [2.75, 3.05) is 5.32 Å². The van der Waals surface area contributed by atoms with E-state index in [2.05, 4.69) is 25.9 Å². The Morgan fingerprint density at radius 2 is 1.95 bits per heavy atom. The molecule has 1 amide bonds. The highest BCUT2D eigenvalue weighted by Crippen LogP contribution is 2.09. The van der Waals surface area contributed by atoms with Crippen LogP contribution in [0.15, 0.2) is 24.3 Å². The number of rotatable bonds is 6. The van der Waals surface area contributed by atoms with Gasteiger partial charge in [-0.1, -0.05) is 5.10 Å². The molecule has 0 aliphatic heterocycles. The van der Waals surface area contributed by atoms with Gasteiger partial charge in [-0.15, -0.1) is 5.10 Å². The molecule has 2 N–H and O–H groups in total. The highest BCUT2D eigenvalue weighted by atomic mass is 19.1. The van der Waals surface area contributed by atoms with Crippen LogP contribution < -0.4 is 5.32 Å². The summed E-state index contributed by atoms with van der Waals surface area (Å²) in [6.45, 7) is 0. The van der Waals surface area contributed by atoms with Crippen molar-refractivity contribution in [3.63, 3.8) is 0 Å². The Balaban J connectivity index is 1.74. The summed E-state index contributed by atoms with van der Waals surface area (Å²) in [7, 11) is 0. The number of nitrogens with one attached hydrogen (secondary N) is 2. The predicted molar refractivity (Wildman–Crippen MR) is 67.4 cm³/mol. The molecule has 2 rings (SSSR count). The van der Waals surface area contributed by atoms with E-state index in [1.54, 1.807) is 0 Å².